The monoisotopic (exact) mass is 1790 g/mol. The van der Waals surface area contributed by atoms with Gasteiger partial charge in [-0.05, 0) is 275 Å². The molecule has 702 valence electrons. The van der Waals surface area contributed by atoms with Crippen LogP contribution in [0.3, 0.4) is 0 Å². The van der Waals surface area contributed by atoms with Crippen molar-refractivity contribution in [3.8, 4) is 66.8 Å². The third kappa shape index (κ3) is 18.8. The van der Waals surface area contributed by atoms with Crippen LogP contribution in [0.5, 0.6) is 0 Å². The minimum absolute atomic E-state index is 1.01. The normalized spacial score (nSPS) is 12.3. The summed E-state index contributed by atoms with van der Waals surface area (Å²) in [6.45, 7) is 60.0. The second-order valence-electron chi connectivity index (χ2n) is 31.5. The van der Waals surface area contributed by atoms with E-state index in [1.807, 2.05) is 208 Å². The van der Waals surface area contributed by atoms with E-state index in [0.29, 0.717) is 0 Å². The lowest BCUT2D eigenvalue weighted by atomic mass is 9.82. The zero-order chi connectivity index (χ0) is 98.0. The van der Waals surface area contributed by atoms with Crippen molar-refractivity contribution in [2.75, 3.05) is 14.7 Å². The Morgan fingerprint density at radius 3 is 0.644 bits per heavy atom. The van der Waals surface area contributed by atoms with Crippen molar-refractivity contribution < 1.29 is 0 Å². The zero-order valence-corrected chi connectivity index (χ0v) is 88.3. The lowest BCUT2D eigenvalue weighted by Crippen LogP contribution is -2.25. The Morgan fingerprint density at radius 2 is 0.333 bits per heavy atom. The molecule has 15 aromatic rings. The van der Waals surface area contributed by atoms with Crippen LogP contribution in [0.4, 0.5) is 51.2 Å². The molecule has 0 radical (unpaired) electrons. The lowest BCUT2D eigenvalue weighted by molar-refractivity contribution is 0.997. The second kappa shape index (κ2) is 49.8. The third-order valence-electron chi connectivity index (χ3n) is 26.2. The van der Waals surface area contributed by atoms with E-state index in [-0.39, 0.29) is 0 Å². The molecule has 135 heavy (non-hydrogen) atoms. The topological polar surface area (TPSA) is 9.72 Å². The van der Waals surface area contributed by atoms with Gasteiger partial charge < -0.3 is 14.7 Å². The molecule has 0 saturated carbocycles. The van der Waals surface area contributed by atoms with Crippen LogP contribution in [-0.2, 0) is 77.0 Å². The Morgan fingerprint density at radius 1 is 0.126 bits per heavy atom. The smallest absolute Gasteiger partial charge is 0.0532 e. The predicted octanol–water partition coefficient (Wildman–Crippen LogP) is 39.7. The van der Waals surface area contributed by atoms with Crippen molar-refractivity contribution in [1.29, 1.82) is 0 Å². The lowest BCUT2D eigenvalue weighted by Gasteiger charge is -2.40. The number of hydrogen-bond acceptors (Lipinski definition) is 3. The molecule has 12 aliphatic rings. The zero-order valence-electron chi connectivity index (χ0n) is 88.3. The quantitative estimate of drug-likeness (QED) is 0.150. The molecule has 0 unspecified atom stereocenters. The Hall–Kier alpha value is -12.3. The Labute approximate surface area is 818 Å². The van der Waals surface area contributed by atoms with Gasteiger partial charge in [0.2, 0.25) is 0 Å². The van der Waals surface area contributed by atoms with E-state index >= 15 is 0 Å². The predicted molar refractivity (Wildman–Crippen MR) is 600 cm³/mol. The summed E-state index contributed by atoms with van der Waals surface area (Å²) in [5, 5.41) is 0. The van der Waals surface area contributed by atoms with Crippen LogP contribution < -0.4 is 14.7 Å². The fraction of sp³-hybridized carbons (Fsp3) is 0.318. The van der Waals surface area contributed by atoms with Crippen LogP contribution in [0, 0.1) is 0 Å². The first-order valence-corrected chi connectivity index (χ1v) is 53.2. The number of para-hydroxylation sites is 3. The van der Waals surface area contributed by atoms with E-state index in [2.05, 4.69) is 288 Å². The average Bonchev–Trinajstić information content (AvgIpc) is 1.67. The molecule has 27 rings (SSSR count). The summed E-state index contributed by atoms with van der Waals surface area (Å²) >= 11 is 0. The molecule has 3 nitrogen and oxygen atoms in total. The average molecular weight is 1790 g/mol. The van der Waals surface area contributed by atoms with Gasteiger partial charge in [0.25, 0.3) is 0 Å². The summed E-state index contributed by atoms with van der Waals surface area (Å²) in [4.78, 5) is 7.81. The van der Waals surface area contributed by atoms with Gasteiger partial charge in [0.1, 0.15) is 0 Å². The highest BCUT2D eigenvalue weighted by Gasteiger charge is 2.42. The molecule has 15 aromatic carbocycles. The van der Waals surface area contributed by atoms with Crippen LogP contribution in [0.2, 0.25) is 0 Å². The Kier molecular flexibility index (Phi) is 38.6. The van der Waals surface area contributed by atoms with Crippen molar-refractivity contribution >= 4 is 51.2 Å². The first-order valence-electron chi connectivity index (χ1n) is 53.2. The van der Waals surface area contributed by atoms with Gasteiger partial charge in [-0.15, -0.1) is 0 Å². The standard InChI is InChI=1S/3C34H23N.15C2H6/c1-3-10-25-21(7-1)17-28-27(25)13-15-31-29(28)18-23-8-5-9-24-19-30-32(35(31)34(23)24)14-12-22-16-20-6-2-4-11-26(20)33(22)30;1-3-10-26-20(6-1)16-22-12-14-30-28(32(22)26)18-24-8-5-9-25-19-29-31(35(30)34(24)25)15-13-23-17-21-7-2-4-11-27(21)33(23)29;1-3-10-27-20(6-1)15-25-17-26-16-23-8-5-9-24-18-30-31(35(34(23)24)32(26)19-29(25)27)13-12-22-14-21-7-2-4-11-28(21)33(22)30;15*1-2/h2*1-15H,16-19H2;1-13,17,19H,14-16,18H2;15*1-2H3. The summed E-state index contributed by atoms with van der Waals surface area (Å²) in [6, 6.07) is 104. The van der Waals surface area contributed by atoms with Crippen LogP contribution in [0.1, 0.15) is 341 Å². The van der Waals surface area contributed by atoms with Crippen molar-refractivity contribution in [2.24, 2.45) is 0 Å². The maximum Gasteiger partial charge on any atom is 0.0532 e. The van der Waals surface area contributed by atoms with Gasteiger partial charge in [0.05, 0.1) is 51.2 Å². The molecule has 3 heteroatoms. The van der Waals surface area contributed by atoms with E-state index in [0.717, 1.165) is 77.0 Å². The molecule has 6 heterocycles. The molecule has 0 saturated heterocycles. The van der Waals surface area contributed by atoms with E-state index in [9.17, 15) is 0 Å². The highest BCUT2D eigenvalue weighted by atomic mass is 15.2. The van der Waals surface area contributed by atoms with Gasteiger partial charge in [-0.3, -0.25) is 0 Å². The minimum Gasteiger partial charge on any atom is -0.309 e. The van der Waals surface area contributed by atoms with Crippen LogP contribution in [0.15, 0.2) is 273 Å². The number of benzene rings is 15. The first-order chi connectivity index (χ1) is 67.0. The highest BCUT2D eigenvalue weighted by Crippen LogP contribution is 2.61. The van der Waals surface area contributed by atoms with Gasteiger partial charge in [0, 0.05) is 38.5 Å². The number of nitrogens with zero attached hydrogens (tertiary/aromatic N) is 3. The summed E-state index contributed by atoms with van der Waals surface area (Å²) in [5.74, 6) is 0. The van der Waals surface area contributed by atoms with E-state index in [4.69, 9.17) is 0 Å². The largest absolute Gasteiger partial charge is 0.309 e. The molecular formula is C132H159N3. The van der Waals surface area contributed by atoms with Crippen molar-refractivity contribution in [3.05, 3.63) is 407 Å². The number of anilines is 9. The number of hydrogen-bond donors (Lipinski definition) is 0. The summed E-state index contributed by atoms with van der Waals surface area (Å²) in [7, 11) is 0. The van der Waals surface area contributed by atoms with Crippen LogP contribution >= 0.6 is 0 Å². The minimum atomic E-state index is 1.01. The summed E-state index contributed by atoms with van der Waals surface area (Å²) in [5.41, 5.74) is 65.2. The van der Waals surface area contributed by atoms with Gasteiger partial charge >= 0.3 is 0 Å². The first kappa shape index (κ1) is 105. The molecule has 0 aromatic heterocycles. The summed E-state index contributed by atoms with van der Waals surface area (Å²) in [6.07, 6.45) is 12.4. The van der Waals surface area contributed by atoms with Crippen LogP contribution in [0.25, 0.3) is 66.8 Å². The van der Waals surface area contributed by atoms with Crippen molar-refractivity contribution in [2.45, 2.75) is 285 Å². The van der Waals surface area contributed by atoms with E-state index < -0.39 is 0 Å². The van der Waals surface area contributed by atoms with Gasteiger partial charge in [-0.1, -0.05) is 444 Å². The molecule has 0 fully saturated rings. The molecule has 6 aliphatic heterocycles. The molecule has 0 spiro atoms. The summed E-state index contributed by atoms with van der Waals surface area (Å²) < 4.78 is 0. The van der Waals surface area contributed by atoms with E-state index in [1.165, 1.54) is 251 Å². The van der Waals surface area contributed by atoms with Gasteiger partial charge in [-0.25, -0.2) is 0 Å². The highest BCUT2D eigenvalue weighted by molar-refractivity contribution is 6.01. The Bertz CT molecular complexity index is 6220. The Balaban J connectivity index is 0.000000184. The second-order valence-corrected chi connectivity index (χ2v) is 31.5. The molecule has 6 aliphatic carbocycles. The van der Waals surface area contributed by atoms with Crippen molar-refractivity contribution in [3.63, 3.8) is 0 Å². The molecular weight excluding hydrogens is 1630 g/mol. The van der Waals surface area contributed by atoms with E-state index in [1.54, 1.807) is 0 Å². The number of fused-ring (bicyclic) bond motifs is 35. The molecule has 0 amide bonds. The number of rotatable bonds is 0. The fourth-order valence-electron chi connectivity index (χ4n) is 21.9. The molecule has 0 N–H and O–H groups in total. The van der Waals surface area contributed by atoms with Gasteiger partial charge in [0.15, 0.2) is 0 Å². The third-order valence-corrected chi connectivity index (χ3v) is 26.2. The van der Waals surface area contributed by atoms with Crippen LogP contribution in [-0.4, -0.2) is 0 Å². The maximum atomic E-state index is 2.60. The molecule has 0 bridgehead atoms. The van der Waals surface area contributed by atoms with Crippen molar-refractivity contribution in [1.82, 2.24) is 0 Å². The maximum absolute atomic E-state index is 2.60. The van der Waals surface area contributed by atoms with Gasteiger partial charge in [-0.2, -0.15) is 0 Å². The molecule has 0 atom stereocenters. The SMILES string of the molecule is CC.CC.CC.CC.CC.CC.CC.CC.CC.CC.CC.CC.CC.CC.CC.c1ccc2c(c1)Cc1c-2ccc2c1Cc1cccc3c1N2c1ccc2c(c1C3)-c1ccccc1C2.c1ccc2c(c1)Cc1cc3c(cc1-2)N1c2ccc4c(c2Cc2cccc(c21)C3)-c1ccccc1C4.c1ccc2c(c1)Cc1ccc3c(c1-2)Cc1cccc2c1N3c1ccc3c(c1C2)-c1ccccc1C3. The fourth-order valence-corrected chi connectivity index (χ4v) is 21.9.